The van der Waals surface area contributed by atoms with Gasteiger partial charge in [0.15, 0.2) is 5.82 Å². The molecule has 3 aromatic carbocycles. The second-order valence-corrected chi connectivity index (χ2v) is 8.53. The molecule has 0 aliphatic rings. The van der Waals surface area contributed by atoms with Crippen molar-refractivity contribution in [3.05, 3.63) is 106 Å². The molecule has 1 aromatic heterocycles. The van der Waals surface area contributed by atoms with Gasteiger partial charge in [0.1, 0.15) is 5.75 Å². The van der Waals surface area contributed by atoms with Gasteiger partial charge in [0.2, 0.25) is 5.91 Å². The van der Waals surface area contributed by atoms with E-state index < -0.39 is 0 Å². The lowest BCUT2D eigenvalue weighted by Crippen LogP contribution is -2.17. The highest BCUT2D eigenvalue weighted by molar-refractivity contribution is 9.10. The molecule has 0 atom stereocenters. The molecule has 0 bridgehead atoms. The molecule has 33 heavy (non-hydrogen) atoms. The van der Waals surface area contributed by atoms with Crippen molar-refractivity contribution in [1.29, 1.82) is 0 Å². The van der Waals surface area contributed by atoms with Gasteiger partial charge in [-0.05, 0) is 60.4 Å². The molecule has 5 nitrogen and oxygen atoms in total. The summed E-state index contributed by atoms with van der Waals surface area (Å²) in [5.74, 6) is 1.17. The fourth-order valence-electron chi connectivity index (χ4n) is 3.48. The van der Waals surface area contributed by atoms with E-state index in [1.807, 2.05) is 66.7 Å². The van der Waals surface area contributed by atoms with Gasteiger partial charge >= 0.3 is 0 Å². The van der Waals surface area contributed by atoms with E-state index in [-0.39, 0.29) is 12.3 Å². The number of hydrogen-bond donors (Lipinski definition) is 1. The third-order valence-corrected chi connectivity index (χ3v) is 5.79. The van der Waals surface area contributed by atoms with Crippen LogP contribution in [0.15, 0.2) is 89.5 Å². The third kappa shape index (κ3) is 6.26. The molecule has 4 aromatic rings. The monoisotopic (exact) mass is 501 g/mol. The standard InChI is InChI=1S/C27H24BrN3O2/c1-33-23-14-10-21(11-15-23)25-18-29-27(24(30-25)16-9-19-5-3-2-4-6-19)31-26(32)17-20-7-12-22(28)13-8-20/h2-8,10-15,18H,9,16-17H2,1H3,(H,29,31,32). The molecule has 0 radical (unpaired) electrons. The number of nitrogens with zero attached hydrogens (tertiary/aromatic N) is 2. The Hall–Kier alpha value is -3.51. The number of amides is 1. The Morgan fingerprint density at radius 3 is 2.33 bits per heavy atom. The summed E-state index contributed by atoms with van der Waals surface area (Å²) in [6.45, 7) is 0. The number of rotatable bonds is 8. The molecule has 0 aliphatic carbocycles. The highest BCUT2D eigenvalue weighted by atomic mass is 79.9. The number of benzene rings is 3. The quantitative estimate of drug-likeness (QED) is 0.327. The van der Waals surface area contributed by atoms with E-state index in [0.29, 0.717) is 12.2 Å². The van der Waals surface area contributed by atoms with E-state index in [4.69, 9.17) is 9.72 Å². The molecule has 0 spiro atoms. The van der Waals surface area contributed by atoms with Gasteiger partial charge in [0.05, 0.1) is 31.1 Å². The predicted octanol–water partition coefficient (Wildman–Crippen LogP) is 5.88. The normalized spacial score (nSPS) is 10.6. The summed E-state index contributed by atoms with van der Waals surface area (Å²) in [5, 5.41) is 2.96. The van der Waals surface area contributed by atoms with Crippen LogP contribution >= 0.6 is 15.9 Å². The molecule has 1 N–H and O–H groups in total. The summed E-state index contributed by atoms with van der Waals surface area (Å²) in [5.41, 5.74) is 4.60. The number of ether oxygens (including phenoxy) is 1. The minimum atomic E-state index is -0.121. The average Bonchev–Trinajstić information content (AvgIpc) is 2.85. The molecule has 4 rings (SSSR count). The molecule has 1 amide bonds. The van der Waals surface area contributed by atoms with Gasteiger partial charge < -0.3 is 10.1 Å². The van der Waals surface area contributed by atoms with Crippen molar-refractivity contribution in [3.8, 4) is 17.0 Å². The minimum Gasteiger partial charge on any atom is -0.497 e. The van der Waals surface area contributed by atoms with Crippen LogP contribution in [-0.2, 0) is 24.1 Å². The molecule has 1 heterocycles. The smallest absolute Gasteiger partial charge is 0.229 e. The molecule has 166 valence electrons. The summed E-state index contributed by atoms with van der Waals surface area (Å²) in [7, 11) is 1.64. The highest BCUT2D eigenvalue weighted by Crippen LogP contribution is 2.23. The van der Waals surface area contributed by atoms with Crippen LogP contribution in [0.4, 0.5) is 5.82 Å². The Morgan fingerprint density at radius 1 is 0.909 bits per heavy atom. The second-order valence-electron chi connectivity index (χ2n) is 7.62. The molecular weight excluding hydrogens is 478 g/mol. The van der Waals surface area contributed by atoms with Crippen LogP contribution in [0.2, 0.25) is 0 Å². The van der Waals surface area contributed by atoms with E-state index in [1.54, 1.807) is 13.3 Å². The van der Waals surface area contributed by atoms with Gasteiger partial charge in [-0.2, -0.15) is 0 Å². The van der Waals surface area contributed by atoms with Crippen molar-refractivity contribution in [2.45, 2.75) is 19.3 Å². The number of methoxy groups -OCH3 is 1. The molecule has 0 saturated heterocycles. The number of anilines is 1. The Labute approximate surface area is 202 Å². The van der Waals surface area contributed by atoms with Crippen LogP contribution in [-0.4, -0.2) is 23.0 Å². The van der Waals surface area contributed by atoms with E-state index >= 15 is 0 Å². The van der Waals surface area contributed by atoms with Crippen LogP contribution in [0.3, 0.4) is 0 Å². The van der Waals surface area contributed by atoms with Crippen molar-refractivity contribution in [3.63, 3.8) is 0 Å². The maximum atomic E-state index is 12.7. The van der Waals surface area contributed by atoms with Gasteiger partial charge in [0, 0.05) is 10.0 Å². The van der Waals surface area contributed by atoms with E-state index in [2.05, 4.69) is 38.4 Å². The predicted molar refractivity (Wildman–Crippen MR) is 134 cm³/mol. The summed E-state index contributed by atoms with van der Waals surface area (Å²) in [6, 6.07) is 25.6. The second kappa shape index (κ2) is 10.9. The summed E-state index contributed by atoms with van der Waals surface area (Å²) in [6.07, 6.45) is 3.43. The molecule has 0 aliphatic heterocycles. The Bertz CT molecular complexity index is 1210. The third-order valence-electron chi connectivity index (χ3n) is 5.26. The first kappa shape index (κ1) is 22.7. The van der Waals surface area contributed by atoms with Crippen molar-refractivity contribution in [2.75, 3.05) is 12.4 Å². The van der Waals surface area contributed by atoms with E-state index in [0.717, 1.165) is 39.2 Å². The van der Waals surface area contributed by atoms with Gasteiger partial charge in [-0.25, -0.2) is 9.97 Å². The van der Waals surface area contributed by atoms with E-state index in [9.17, 15) is 4.79 Å². The van der Waals surface area contributed by atoms with Crippen LogP contribution in [0, 0.1) is 0 Å². The summed E-state index contributed by atoms with van der Waals surface area (Å²) in [4.78, 5) is 22.1. The largest absolute Gasteiger partial charge is 0.497 e. The highest BCUT2D eigenvalue weighted by Gasteiger charge is 2.13. The van der Waals surface area contributed by atoms with Crippen molar-refractivity contribution in [1.82, 2.24) is 9.97 Å². The van der Waals surface area contributed by atoms with E-state index in [1.165, 1.54) is 5.56 Å². The fraction of sp³-hybridized carbons (Fsp3) is 0.148. The fourth-order valence-corrected chi connectivity index (χ4v) is 3.74. The number of aromatic nitrogens is 2. The van der Waals surface area contributed by atoms with Crippen LogP contribution in [0.1, 0.15) is 16.8 Å². The maximum Gasteiger partial charge on any atom is 0.229 e. The van der Waals surface area contributed by atoms with Crippen LogP contribution < -0.4 is 10.1 Å². The number of carbonyl (C=O) groups excluding carboxylic acids is 1. The number of hydrogen-bond acceptors (Lipinski definition) is 4. The first-order valence-electron chi connectivity index (χ1n) is 10.7. The van der Waals surface area contributed by atoms with Crippen molar-refractivity contribution in [2.24, 2.45) is 0 Å². The first-order chi connectivity index (χ1) is 16.1. The lowest BCUT2D eigenvalue weighted by Gasteiger charge is -2.12. The summed E-state index contributed by atoms with van der Waals surface area (Å²) >= 11 is 3.42. The summed E-state index contributed by atoms with van der Waals surface area (Å²) < 4.78 is 6.23. The Kier molecular flexibility index (Phi) is 7.47. The van der Waals surface area contributed by atoms with Gasteiger partial charge in [-0.3, -0.25) is 4.79 Å². The van der Waals surface area contributed by atoms with Crippen molar-refractivity contribution >= 4 is 27.7 Å². The van der Waals surface area contributed by atoms with Gasteiger partial charge in [-0.1, -0.05) is 58.4 Å². The molecular formula is C27H24BrN3O2. The van der Waals surface area contributed by atoms with Crippen LogP contribution in [0.25, 0.3) is 11.3 Å². The molecule has 6 heteroatoms. The zero-order valence-electron chi connectivity index (χ0n) is 18.3. The zero-order valence-corrected chi connectivity index (χ0v) is 19.9. The number of aryl methyl sites for hydroxylation is 2. The molecule has 0 saturated carbocycles. The van der Waals surface area contributed by atoms with Gasteiger partial charge in [-0.15, -0.1) is 0 Å². The Morgan fingerprint density at radius 2 is 1.64 bits per heavy atom. The topological polar surface area (TPSA) is 64.1 Å². The average molecular weight is 502 g/mol. The SMILES string of the molecule is COc1ccc(-c2cnc(NC(=O)Cc3ccc(Br)cc3)c(CCc3ccccc3)n2)cc1. The molecule has 0 fully saturated rings. The lowest BCUT2D eigenvalue weighted by molar-refractivity contribution is -0.115. The van der Waals surface area contributed by atoms with Gasteiger partial charge in [0.25, 0.3) is 0 Å². The number of carbonyl (C=O) groups is 1. The number of halogens is 1. The zero-order chi connectivity index (χ0) is 23.0. The Balaban J connectivity index is 1.56. The van der Waals surface area contributed by atoms with Crippen molar-refractivity contribution < 1.29 is 9.53 Å². The lowest BCUT2D eigenvalue weighted by atomic mass is 10.1. The maximum absolute atomic E-state index is 12.7. The van der Waals surface area contributed by atoms with Crippen LogP contribution in [0.5, 0.6) is 5.75 Å². The molecule has 0 unspecified atom stereocenters. The first-order valence-corrected chi connectivity index (χ1v) is 11.5. The number of nitrogens with one attached hydrogen (secondary N) is 1. The minimum absolute atomic E-state index is 0.121.